The van der Waals surface area contributed by atoms with Gasteiger partial charge in [0.25, 0.3) is 5.91 Å². The summed E-state index contributed by atoms with van der Waals surface area (Å²) in [5.74, 6) is 0.581. The Morgan fingerprint density at radius 3 is 2.62 bits per heavy atom. The van der Waals surface area contributed by atoms with Gasteiger partial charge in [-0.2, -0.15) is 0 Å². The molecule has 21 heavy (non-hydrogen) atoms. The zero-order chi connectivity index (χ0) is 15.7. The van der Waals surface area contributed by atoms with Crippen LogP contribution >= 0.6 is 0 Å². The Labute approximate surface area is 127 Å². The number of rotatable bonds is 10. The van der Waals surface area contributed by atoms with Crippen LogP contribution in [0.5, 0.6) is 0 Å². The van der Waals surface area contributed by atoms with Crippen LogP contribution in [0.3, 0.4) is 0 Å². The van der Waals surface area contributed by atoms with E-state index in [-0.39, 0.29) is 11.3 Å². The molecule has 0 radical (unpaired) electrons. The zero-order valence-corrected chi connectivity index (χ0v) is 13.8. The van der Waals surface area contributed by atoms with Crippen molar-refractivity contribution in [1.82, 2.24) is 15.8 Å². The maximum atomic E-state index is 12.1. The molecule has 1 heterocycles. The average Bonchev–Trinajstić information content (AvgIpc) is 2.94. The predicted octanol–water partition coefficient (Wildman–Crippen LogP) is 2.77. The van der Waals surface area contributed by atoms with Gasteiger partial charge in [-0.05, 0) is 24.8 Å². The second kappa shape index (κ2) is 8.82. The van der Waals surface area contributed by atoms with E-state index in [1.54, 1.807) is 6.07 Å². The maximum absolute atomic E-state index is 12.1. The highest BCUT2D eigenvalue weighted by molar-refractivity contribution is 5.92. The number of aromatic nitrogens is 1. The highest BCUT2D eigenvalue weighted by Gasteiger charge is 2.24. The number of hydrogen-bond donors (Lipinski definition) is 2. The van der Waals surface area contributed by atoms with E-state index in [2.05, 4.69) is 36.6 Å². The average molecular weight is 295 g/mol. The Bertz CT molecular complexity index is 431. The molecule has 0 saturated carbocycles. The first-order valence-corrected chi connectivity index (χ1v) is 7.99. The van der Waals surface area contributed by atoms with Gasteiger partial charge in [0.15, 0.2) is 5.69 Å². The fourth-order valence-electron chi connectivity index (χ4n) is 2.38. The van der Waals surface area contributed by atoms with Crippen molar-refractivity contribution in [1.29, 1.82) is 0 Å². The van der Waals surface area contributed by atoms with E-state index in [4.69, 9.17) is 4.52 Å². The third-order valence-electron chi connectivity index (χ3n) is 3.65. The molecule has 0 bridgehead atoms. The molecular formula is C16H29N3O2. The van der Waals surface area contributed by atoms with Gasteiger partial charge in [0, 0.05) is 25.6 Å². The van der Waals surface area contributed by atoms with Crippen molar-refractivity contribution in [2.24, 2.45) is 5.41 Å². The minimum Gasteiger partial charge on any atom is -0.361 e. The van der Waals surface area contributed by atoms with Crippen molar-refractivity contribution in [2.75, 3.05) is 19.6 Å². The first-order valence-electron chi connectivity index (χ1n) is 7.99. The first kappa shape index (κ1) is 17.7. The molecule has 5 nitrogen and oxygen atoms in total. The lowest BCUT2D eigenvalue weighted by molar-refractivity contribution is 0.0920. The molecule has 0 aliphatic rings. The monoisotopic (exact) mass is 295 g/mol. The summed E-state index contributed by atoms with van der Waals surface area (Å²) < 4.78 is 5.07. The van der Waals surface area contributed by atoms with Crippen LogP contribution in [0.25, 0.3) is 0 Å². The van der Waals surface area contributed by atoms with Crippen LogP contribution in [-0.2, 0) is 6.42 Å². The number of carbonyl (C=O) groups is 1. The van der Waals surface area contributed by atoms with Gasteiger partial charge in [0.05, 0.1) is 0 Å². The molecular weight excluding hydrogens is 266 g/mol. The fraction of sp³-hybridized carbons (Fsp3) is 0.750. The summed E-state index contributed by atoms with van der Waals surface area (Å²) >= 11 is 0. The van der Waals surface area contributed by atoms with E-state index >= 15 is 0 Å². The Morgan fingerprint density at radius 2 is 2.05 bits per heavy atom. The highest BCUT2D eigenvalue weighted by atomic mass is 16.5. The van der Waals surface area contributed by atoms with E-state index in [0.29, 0.717) is 12.2 Å². The summed E-state index contributed by atoms with van der Waals surface area (Å²) in [5, 5.41) is 10.2. The van der Waals surface area contributed by atoms with E-state index in [0.717, 1.165) is 44.5 Å². The lowest BCUT2D eigenvalue weighted by atomic mass is 9.85. The van der Waals surface area contributed by atoms with E-state index in [9.17, 15) is 4.79 Å². The third-order valence-corrected chi connectivity index (χ3v) is 3.65. The van der Waals surface area contributed by atoms with Gasteiger partial charge in [0.1, 0.15) is 5.76 Å². The summed E-state index contributed by atoms with van der Waals surface area (Å²) in [5.41, 5.74) is 0.434. The smallest absolute Gasteiger partial charge is 0.273 e. The summed E-state index contributed by atoms with van der Waals surface area (Å²) in [6.45, 7) is 11.1. The zero-order valence-electron chi connectivity index (χ0n) is 13.8. The van der Waals surface area contributed by atoms with Crippen LogP contribution in [-0.4, -0.2) is 30.7 Å². The van der Waals surface area contributed by atoms with Crippen molar-refractivity contribution in [2.45, 2.75) is 53.4 Å². The topological polar surface area (TPSA) is 67.2 Å². The van der Waals surface area contributed by atoms with Gasteiger partial charge in [-0.15, -0.1) is 0 Å². The van der Waals surface area contributed by atoms with E-state index < -0.39 is 0 Å². The molecule has 1 rings (SSSR count). The summed E-state index contributed by atoms with van der Waals surface area (Å²) in [6.07, 6.45) is 4.04. The third kappa shape index (κ3) is 5.87. The molecule has 1 amide bonds. The lowest BCUT2D eigenvalue weighted by Gasteiger charge is -2.29. The minimum absolute atomic E-state index is 0.0664. The molecule has 0 aromatic carbocycles. The van der Waals surface area contributed by atoms with Crippen LogP contribution in [0.2, 0.25) is 0 Å². The Hall–Kier alpha value is -1.36. The van der Waals surface area contributed by atoms with Gasteiger partial charge in [0.2, 0.25) is 0 Å². The Morgan fingerprint density at radius 1 is 1.29 bits per heavy atom. The van der Waals surface area contributed by atoms with E-state index in [1.165, 1.54) is 0 Å². The number of carbonyl (C=O) groups excluding carboxylic acids is 1. The van der Waals surface area contributed by atoms with Crippen LogP contribution < -0.4 is 10.6 Å². The molecule has 0 fully saturated rings. The van der Waals surface area contributed by atoms with Gasteiger partial charge in [-0.25, -0.2) is 0 Å². The molecule has 120 valence electrons. The summed E-state index contributed by atoms with van der Waals surface area (Å²) in [7, 11) is 0. The quantitative estimate of drug-likeness (QED) is 0.651. The van der Waals surface area contributed by atoms with Crippen molar-refractivity contribution in [3.63, 3.8) is 0 Å². The van der Waals surface area contributed by atoms with Crippen LogP contribution in [0, 0.1) is 5.41 Å². The molecule has 0 spiro atoms. The van der Waals surface area contributed by atoms with Gasteiger partial charge < -0.3 is 15.2 Å². The molecule has 5 heteroatoms. The second-order valence-corrected chi connectivity index (χ2v) is 5.95. The molecule has 1 unspecified atom stereocenters. The van der Waals surface area contributed by atoms with Crippen molar-refractivity contribution >= 4 is 5.91 Å². The lowest BCUT2D eigenvalue weighted by Crippen LogP contribution is -2.42. The standard InChI is InChI=1S/C16H29N3O2/c1-5-8-16(4,11-17-9-6-2)12-18-15(20)14-10-13(7-3)21-19-14/h10,17H,5-9,11-12H2,1-4H3,(H,18,20). The number of nitrogens with one attached hydrogen (secondary N) is 2. The predicted molar refractivity (Wildman–Crippen MR) is 84.4 cm³/mol. The molecule has 0 saturated heterocycles. The molecule has 0 aliphatic carbocycles. The Balaban J connectivity index is 2.53. The number of nitrogens with zero attached hydrogens (tertiary/aromatic N) is 1. The molecule has 1 aromatic rings. The summed E-state index contributed by atoms with van der Waals surface area (Å²) in [4.78, 5) is 12.1. The minimum atomic E-state index is -0.156. The molecule has 2 N–H and O–H groups in total. The number of hydrogen-bond acceptors (Lipinski definition) is 4. The largest absolute Gasteiger partial charge is 0.361 e. The van der Waals surface area contributed by atoms with Gasteiger partial charge in [-0.3, -0.25) is 4.79 Å². The summed E-state index contributed by atoms with van der Waals surface area (Å²) in [6, 6.07) is 1.71. The SMILES string of the molecule is CCCNCC(C)(CCC)CNC(=O)c1cc(CC)on1. The molecule has 1 aromatic heterocycles. The highest BCUT2D eigenvalue weighted by Crippen LogP contribution is 2.21. The van der Waals surface area contributed by atoms with Gasteiger partial charge >= 0.3 is 0 Å². The number of aryl methyl sites for hydroxylation is 1. The van der Waals surface area contributed by atoms with Crippen molar-refractivity contribution < 1.29 is 9.32 Å². The van der Waals surface area contributed by atoms with Crippen LogP contribution in [0.15, 0.2) is 10.6 Å². The number of amides is 1. The van der Waals surface area contributed by atoms with Crippen molar-refractivity contribution in [3.05, 3.63) is 17.5 Å². The van der Waals surface area contributed by atoms with Crippen molar-refractivity contribution in [3.8, 4) is 0 Å². The second-order valence-electron chi connectivity index (χ2n) is 5.95. The van der Waals surface area contributed by atoms with Gasteiger partial charge in [-0.1, -0.05) is 39.3 Å². The Kier molecular flexibility index (Phi) is 7.43. The molecule has 0 aliphatic heterocycles. The fourth-order valence-corrected chi connectivity index (χ4v) is 2.38. The maximum Gasteiger partial charge on any atom is 0.273 e. The first-order chi connectivity index (χ1) is 10.0. The normalized spacial score (nSPS) is 13.9. The van der Waals surface area contributed by atoms with Crippen LogP contribution in [0.1, 0.15) is 63.2 Å². The van der Waals surface area contributed by atoms with E-state index in [1.807, 2.05) is 6.92 Å². The van der Waals surface area contributed by atoms with Crippen LogP contribution in [0.4, 0.5) is 0 Å². The molecule has 1 atom stereocenters.